The molecule has 0 spiro atoms. The first-order chi connectivity index (χ1) is 13.8. The van der Waals surface area contributed by atoms with Crippen LogP contribution in [0.25, 0.3) is 20.8 Å². The summed E-state index contributed by atoms with van der Waals surface area (Å²) in [6, 6.07) is 8.76. The van der Waals surface area contributed by atoms with E-state index >= 15 is 0 Å². The molecule has 4 nitrogen and oxygen atoms in total. The summed E-state index contributed by atoms with van der Waals surface area (Å²) in [6.07, 6.45) is 3.60. The number of thiazole rings is 1. The topological polar surface area (TPSA) is 48.4 Å². The van der Waals surface area contributed by atoms with E-state index < -0.39 is 5.60 Å². The van der Waals surface area contributed by atoms with Crippen molar-refractivity contribution in [3.8, 4) is 16.3 Å². The van der Waals surface area contributed by atoms with E-state index in [9.17, 15) is 4.79 Å². The highest BCUT2D eigenvalue weighted by atomic mass is 32.1. The lowest BCUT2D eigenvalue weighted by molar-refractivity contribution is -0.158. The fraction of sp³-hybridized carbons (Fsp3) is 0.417. The Morgan fingerprint density at radius 3 is 2.41 bits per heavy atom. The molecule has 0 radical (unpaired) electrons. The molecule has 0 atom stereocenters. The number of rotatable bonds is 5. The number of esters is 1. The van der Waals surface area contributed by atoms with Gasteiger partial charge in [0.05, 0.1) is 16.8 Å². The van der Waals surface area contributed by atoms with Crippen LogP contribution in [0, 0.1) is 13.8 Å². The minimum atomic E-state index is -1.04. The summed E-state index contributed by atoms with van der Waals surface area (Å²) in [6.45, 7) is 9.63. The molecule has 0 aliphatic heterocycles. The Balaban J connectivity index is 1.67. The summed E-state index contributed by atoms with van der Waals surface area (Å²) in [5.41, 5.74) is 6.03. The van der Waals surface area contributed by atoms with E-state index in [2.05, 4.69) is 24.3 Å². The summed E-state index contributed by atoms with van der Waals surface area (Å²) < 4.78 is 12.5. The van der Waals surface area contributed by atoms with Crippen LogP contribution < -0.4 is 4.74 Å². The standard InChI is InChI=1S/C24H27NO3S/c1-6-27-23(26)24(4,5)28-21-14(2)10-18(11-15(21)3)22-25-19-12-16-8-7-9-17(16)13-20(19)29-22/h10-13H,6-9H2,1-5H3. The molecule has 2 aromatic carbocycles. The number of aromatic nitrogens is 1. The Morgan fingerprint density at radius 2 is 1.76 bits per heavy atom. The molecule has 1 aliphatic rings. The van der Waals surface area contributed by atoms with Crippen molar-refractivity contribution in [2.24, 2.45) is 0 Å². The Kier molecular flexibility index (Phi) is 5.11. The van der Waals surface area contributed by atoms with Crippen molar-refractivity contribution >= 4 is 27.5 Å². The van der Waals surface area contributed by atoms with Crippen LogP contribution in [0.2, 0.25) is 0 Å². The van der Waals surface area contributed by atoms with Crippen molar-refractivity contribution in [3.63, 3.8) is 0 Å². The molecule has 0 fully saturated rings. The van der Waals surface area contributed by atoms with E-state index in [1.165, 1.54) is 35.1 Å². The van der Waals surface area contributed by atoms with Gasteiger partial charge in [-0.25, -0.2) is 9.78 Å². The number of aryl methyl sites for hydroxylation is 4. The zero-order valence-corrected chi connectivity index (χ0v) is 18.5. The lowest BCUT2D eigenvalue weighted by Crippen LogP contribution is -2.40. The second kappa shape index (κ2) is 7.45. The third-order valence-corrected chi connectivity index (χ3v) is 6.50. The summed E-state index contributed by atoms with van der Waals surface area (Å²) in [4.78, 5) is 17.1. The fourth-order valence-electron chi connectivity index (χ4n) is 3.95. The molecule has 0 unspecified atom stereocenters. The average Bonchev–Trinajstić information content (AvgIpc) is 3.28. The maximum absolute atomic E-state index is 12.2. The van der Waals surface area contributed by atoms with Gasteiger partial charge >= 0.3 is 5.97 Å². The van der Waals surface area contributed by atoms with Crippen LogP contribution in [0.4, 0.5) is 0 Å². The summed E-state index contributed by atoms with van der Waals surface area (Å²) >= 11 is 1.74. The van der Waals surface area contributed by atoms with Gasteiger partial charge in [-0.15, -0.1) is 11.3 Å². The zero-order valence-electron chi connectivity index (χ0n) is 17.7. The molecule has 0 saturated heterocycles. The van der Waals surface area contributed by atoms with Crippen molar-refractivity contribution in [3.05, 3.63) is 46.5 Å². The van der Waals surface area contributed by atoms with E-state index in [0.717, 1.165) is 33.0 Å². The highest BCUT2D eigenvalue weighted by Gasteiger charge is 2.32. The molecule has 152 valence electrons. The highest BCUT2D eigenvalue weighted by Crippen LogP contribution is 2.37. The van der Waals surface area contributed by atoms with Crippen molar-refractivity contribution in [2.45, 2.75) is 59.5 Å². The van der Waals surface area contributed by atoms with Crippen LogP contribution in [0.3, 0.4) is 0 Å². The van der Waals surface area contributed by atoms with Crippen molar-refractivity contribution in [2.75, 3.05) is 6.61 Å². The normalized spacial score (nSPS) is 13.6. The van der Waals surface area contributed by atoms with Crippen molar-refractivity contribution in [1.82, 2.24) is 4.98 Å². The van der Waals surface area contributed by atoms with E-state index in [-0.39, 0.29) is 5.97 Å². The molecule has 3 aromatic rings. The molecule has 29 heavy (non-hydrogen) atoms. The third kappa shape index (κ3) is 3.76. The lowest BCUT2D eigenvalue weighted by Gasteiger charge is -2.26. The Morgan fingerprint density at radius 1 is 1.10 bits per heavy atom. The fourth-order valence-corrected chi connectivity index (χ4v) is 4.95. The van der Waals surface area contributed by atoms with Crippen LogP contribution in [-0.4, -0.2) is 23.2 Å². The number of fused-ring (bicyclic) bond motifs is 2. The predicted molar refractivity (Wildman–Crippen MR) is 118 cm³/mol. The molecule has 0 N–H and O–H groups in total. The van der Waals surface area contributed by atoms with Crippen LogP contribution in [0.15, 0.2) is 24.3 Å². The minimum absolute atomic E-state index is 0.337. The highest BCUT2D eigenvalue weighted by molar-refractivity contribution is 7.21. The molecule has 0 amide bonds. The van der Waals surface area contributed by atoms with Gasteiger partial charge in [-0.1, -0.05) is 0 Å². The molecule has 4 rings (SSSR count). The maximum Gasteiger partial charge on any atom is 0.349 e. The van der Waals surface area contributed by atoms with E-state index in [4.69, 9.17) is 14.5 Å². The first-order valence-electron chi connectivity index (χ1n) is 10.2. The van der Waals surface area contributed by atoms with E-state index in [1.807, 2.05) is 13.8 Å². The van der Waals surface area contributed by atoms with E-state index in [0.29, 0.717) is 6.61 Å². The van der Waals surface area contributed by atoms with Gasteiger partial charge in [0, 0.05) is 5.56 Å². The SMILES string of the molecule is CCOC(=O)C(C)(C)Oc1c(C)cc(-c2nc3cc4c(cc3s2)CCC4)cc1C. The number of carbonyl (C=O) groups excluding carboxylic acids is 1. The summed E-state index contributed by atoms with van der Waals surface area (Å²) in [5, 5.41) is 1.02. The Hall–Kier alpha value is -2.40. The van der Waals surface area contributed by atoms with Gasteiger partial charge in [0.25, 0.3) is 0 Å². The van der Waals surface area contributed by atoms with Gasteiger partial charge in [0.15, 0.2) is 5.60 Å². The van der Waals surface area contributed by atoms with Gasteiger partial charge in [0.1, 0.15) is 10.8 Å². The molecule has 5 heteroatoms. The smallest absolute Gasteiger partial charge is 0.349 e. The van der Waals surface area contributed by atoms with Gasteiger partial charge in [-0.3, -0.25) is 0 Å². The van der Waals surface area contributed by atoms with Crippen LogP contribution in [0.5, 0.6) is 5.75 Å². The second-order valence-electron chi connectivity index (χ2n) is 8.23. The van der Waals surface area contributed by atoms with E-state index in [1.54, 1.807) is 32.1 Å². The molecular weight excluding hydrogens is 382 g/mol. The Bertz CT molecular complexity index is 1030. The van der Waals surface area contributed by atoms with Gasteiger partial charge in [0.2, 0.25) is 0 Å². The minimum Gasteiger partial charge on any atom is -0.476 e. The third-order valence-electron chi connectivity index (χ3n) is 5.43. The maximum atomic E-state index is 12.2. The first kappa shape index (κ1) is 19.9. The van der Waals surface area contributed by atoms with Crippen LogP contribution in [-0.2, 0) is 22.4 Å². The predicted octanol–water partition coefficient (Wildman–Crippen LogP) is 5.79. The van der Waals surface area contributed by atoms with Crippen LogP contribution >= 0.6 is 11.3 Å². The lowest BCUT2D eigenvalue weighted by atomic mass is 10.0. The number of benzene rings is 2. The molecule has 0 bridgehead atoms. The quantitative estimate of drug-likeness (QED) is 0.501. The second-order valence-corrected chi connectivity index (χ2v) is 9.26. The number of hydrogen-bond donors (Lipinski definition) is 0. The van der Waals surface area contributed by atoms with Gasteiger partial charge in [-0.05, 0) is 100 Å². The molecular formula is C24H27NO3S. The first-order valence-corrected chi connectivity index (χ1v) is 11.0. The van der Waals surface area contributed by atoms with Crippen molar-refractivity contribution < 1.29 is 14.3 Å². The monoisotopic (exact) mass is 409 g/mol. The molecule has 1 aliphatic carbocycles. The molecule has 1 heterocycles. The average molecular weight is 410 g/mol. The van der Waals surface area contributed by atoms with Gasteiger partial charge in [-0.2, -0.15) is 0 Å². The molecule has 1 aromatic heterocycles. The van der Waals surface area contributed by atoms with Gasteiger partial charge < -0.3 is 9.47 Å². The summed E-state index contributed by atoms with van der Waals surface area (Å²) in [7, 11) is 0. The molecule has 0 saturated carbocycles. The number of ether oxygens (including phenoxy) is 2. The largest absolute Gasteiger partial charge is 0.476 e. The zero-order chi connectivity index (χ0) is 20.8. The number of carbonyl (C=O) groups is 1. The summed E-state index contributed by atoms with van der Waals surface area (Å²) in [5.74, 6) is 0.369. The van der Waals surface area contributed by atoms with Crippen LogP contribution in [0.1, 0.15) is 49.4 Å². The van der Waals surface area contributed by atoms with Crippen molar-refractivity contribution in [1.29, 1.82) is 0 Å². The number of hydrogen-bond acceptors (Lipinski definition) is 5. The Labute approximate surface area is 175 Å². The number of nitrogens with zero attached hydrogens (tertiary/aromatic N) is 1.